The van der Waals surface area contributed by atoms with E-state index in [9.17, 15) is 9.59 Å². The van der Waals surface area contributed by atoms with E-state index in [0.717, 1.165) is 56.0 Å². The van der Waals surface area contributed by atoms with Crippen molar-refractivity contribution in [1.82, 2.24) is 19.8 Å². The van der Waals surface area contributed by atoms with Crippen molar-refractivity contribution in [3.8, 4) is 11.3 Å². The van der Waals surface area contributed by atoms with Crippen LogP contribution in [0.25, 0.3) is 11.3 Å². The molecule has 2 N–H and O–H groups in total. The fraction of sp³-hybridized carbons (Fsp3) is 0.450. The lowest BCUT2D eigenvalue weighted by atomic mass is 10.1. The Balaban J connectivity index is 1.36. The lowest BCUT2D eigenvalue weighted by Gasteiger charge is -2.15. The molecule has 1 aromatic carbocycles. The summed E-state index contributed by atoms with van der Waals surface area (Å²) in [4.78, 5) is 30.7. The molecule has 27 heavy (non-hydrogen) atoms. The number of anilines is 1. The van der Waals surface area contributed by atoms with Gasteiger partial charge in [-0.05, 0) is 37.8 Å². The second-order valence-corrected chi connectivity index (χ2v) is 7.17. The molecule has 0 aliphatic carbocycles. The number of benzene rings is 1. The Labute approximate surface area is 158 Å². The summed E-state index contributed by atoms with van der Waals surface area (Å²) in [5.41, 5.74) is 2.59. The van der Waals surface area contributed by atoms with Gasteiger partial charge >= 0.3 is 6.03 Å². The number of fused-ring (bicyclic) bond motifs is 1. The van der Waals surface area contributed by atoms with Gasteiger partial charge in [-0.3, -0.25) is 4.79 Å². The third-order valence-corrected chi connectivity index (χ3v) is 5.18. The lowest BCUT2D eigenvalue weighted by Crippen LogP contribution is -2.40. The van der Waals surface area contributed by atoms with E-state index in [1.165, 1.54) is 12.8 Å². The Kier molecular flexibility index (Phi) is 5.09. The number of rotatable bonds is 4. The van der Waals surface area contributed by atoms with Gasteiger partial charge in [0.25, 0.3) is 0 Å². The Bertz CT molecular complexity index is 815. The molecular formula is C20H25N5O2. The molecule has 4 rings (SSSR count). The number of amides is 3. The molecule has 2 aliphatic rings. The van der Waals surface area contributed by atoms with Crippen molar-refractivity contribution in [2.75, 3.05) is 25.0 Å². The van der Waals surface area contributed by atoms with Gasteiger partial charge < -0.3 is 20.1 Å². The van der Waals surface area contributed by atoms with Crippen molar-refractivity contribution in [3.05, 3.63) is 36.3 Å². The molecule has 3 heterocycles. The fourth-order valence-corrected chi connectivity index (χ4v) is 3.72. The highest BCUT2D eigenvalue weighted by Crippen LogP contribution is 2.24. The number of carbonyl (C=O) groups is 2. The number of imidazole rings is 1. The third-order valence-electron chi connectivity index (χ3n) is 5.18. The molecule has 1 fully saturated rings. The SMILES string of the molecule is O=C(NCC(=O)N1CCCC1)Nc1cccc(-c2cn3c(n2)CCCC3)c1. The monoisotopic (exact) mass is 367 g/mol. The number of hydrogen-bond acceptors (Lipinski definition) is 3. The van der Waals surface area contributed by atoms with Crippen LogP contribution in [0.2, 0.25) is 0 Å². The average molecular weight is 367 g/mol. The summed E-state index contributed by atoms with van der Waals surface area (Å²) in [6.45, 7) is 2.63. The molecule has 0 unspecified atom stereocenters. The summed E-state index contributed by atoms with van der Waals surface area (Å²) < 4.78 is 2.22. The van der Waals surface area contributed by atoms with Crippen molar-refractivity contribution in [3.63, 3.8) is 0 Å². The number of urea groups is 1. The maximum Gasteiger partial charge on any atom is 0.319 e. The molecule has 0 atom stereocenters. The number of likely N-dealkylation sites (tertiary alicyclic amines) is 1. The standard InChI is InChI=1S/C20H25N5O2/c26-19(24-9-3-4-10-24)13-21-20(27)22-16-7-5-6-15(12-16)17-14-25-11-2-1-8-18(25)23-17/h5-7,12,14H,1-4,8-11,13H2,(H2,21,22,27). The van der Waals surface area contributed by atoms with E-state index in [2.05, 4.69) is 21.4 Å². The van der Waals surface area contributed by atoms with Gasteiger partial charge in [0.2, 0.25) is 5.91 Å². The minimum atomic E-state index is -0.371. The summed E-state index contributed by atoms with van der Waals surface area (Å²) >= 11 is 0. The topological polar surface area (TPSA) is 79.3 Å². The van der Waals surface area contributed by atoms with Gasteiger partial charge in [0.15, 0.2) is 0 Å². The van der Waals surface area contributed by atoms with Gasteiger partial charge in [-0.2, -0.15) is 0 Å². The molecule has 3 amide bonds. The zero-order chi connectivity index (χ0) is 18.6. The van der Waals surface area contributed by atoms with E-state index in [1.807, 2.05) is 24.3 Å². The first-order valence-electron chi connectivity index (χ1n) is 9.68. The van der Waals surface area contributed by atoms with Crippen molar-refractivity contribution in [2.24, 2.45) is 0 Å². The van der Waals surface area contributed by atoms with E-state index in [0.29, 0.717) is 5.69 Å². The van der Waals surface area contributed by atoms with Crippen LogP contribution in [-0.4, -0.2) is 46.0 Å². The average Bonchev–Trinajstić information content (AvgIpc) is 3.36. The smallest absolute Gasteiger partial charge is 0.319 e. The Morgan fingerprint density at radius 2 is 1.89 bits per heavy atom. The normalized spacial score (nSPS) is 16.1. The van der Waals surface area contributed by atoms with Crippen LogP contribution in [0.3, 0.4) is 0 Å². The minimum Gasteiger partial charge on any atom is -0.341 e. The minimum absolute atomic E-state index is 0.0271. The van der Waals surface area contributed by atoms with Crippen LogP contribution < -0.4 is 10.6 Å². The molecule has 142 valence electrons. The van der Waals surface area contributed by atoms with Gasteiger partial charge in [0.1, 0.15) is 5.82 Å². The molecule has 2 aromatic rings. The first-order valence-corrected chi connectivity index (χ1v) is 9.68. The Morgan fingerprint density at radius 3 is 2.70 bits per heavy atom. The van der Waals surface area contributed by atoms with Crippen molar-refractivity contribution < 1.29 is 9.59 Å². The van der Waals surface area contributed by atoms with Crippen LogP contribution in [0, 0.1) is 0 Å². The highest BCUT2D eigenvalue weighted by molar-refractivity contribution is 5.92. The molecule has 7 heteroatoms. The molecular weight excluding hydrogens is 342 g/mol. The van der Waals surface area contributed by atoms with Gasteiger partial charge in [0.05, 0.1) is 12.2 Å². The van der Waals surface area contributed by atoms with Gasteiger partial charge in [-0.15, -0.1) is 0 Å². The predicted molar refractivity (Wildman–Crippen MR) is 103 cm³/mol. The van der Waals surface area contributed by atoms with Crippen LogP contribution >= 0.6 is 0 Å². The first-order chi connectivity index (χ1) is 13.2. The Hall–Kier alpha value is -2.83. The van der Waals surface area contributed by atoms with Gasteiger partial charge in [0, 0.05) is 43.5 Å². The van der Waals surface area contributed by atoms with E-state index in [-0.39, 0.29) is 18.5 Å². The number of aryl methyl sites for hydroxylation is 2. The van der Waals surface area contributed by atoms with Crippen LogP contribution in [0.5, 0.6) is 0 Å². The second-order valence-electron chi connectivity index (χ2n) is 7.17. The molecule has 0 spiro atoms. The highest BCUT2D eigenvalue weighted by atomic mass is 16.2. The van der Waals surface area contributed by atoms with Crippen molar-refractivity contribution >= 4 is 17.6 Å². The largest absolute Gasteiger partial charge is 0.341 e. The molecule has 7 nitrogen and oxygen atoms in total. The van der Waals surface area contributed by atoms with E-state index < -0.39 is 0 Å². The Morgan fingerprint density at radius 1 is 1.07 bits per heavy atom. The van der Waals surface area contributed by atoms with E-state index in [4.69, 9.17) is 4.98 Å². The molecule has 1 aromatic heterocycles. The molecule has 2 aliphatic heterocycles. The quantitative estimate of drug-likeness (QED) is 0.872. The number of nitrogens with zero attached hydrogens (tertiary/aromatic N) is 3. The summed E-state index contributed by atoms with van der Waals surface area (Å²) in [6.07, 6.45) is 7.58. The number of hydrogen-bond donors (Lipinski definition) is 2. The fourth-order valence-electron chi connectivity index (χ4n) is 3.72. The zero-order valence-corrected chi connectivity index (χ0v) is 15.4. The number of aromatic nitrogens is 2. The third kappa shape index (κ3) is 4.13. The maximum atomic E-state index is 12.1. The van der Waals surface area contributed by atoms with Gasteiger partial charge in [-0.25, -0.2) is 9.78 Å². The van der Waals surface area contributed by atoms with E-state index >= 15 is 0 Å². The molecule has 0 saturated carbocycles. The number of carbonyl (C=O) groups excluding carboxylic acids is 2. The van der Waals surface area contributed by atoms with Crippen LogP contribution in [0.1, 0.15) is 31.5 Å². The summed E-state index contributed by atoms with van der Waals surface area (Å²) in [6, 6.07) is 7.27. The predicted octanol–water partition coefficient (Wildman–Crippen LogP) is 2.63. The number of nitrogens with one attached hydrogen (secondary N) is 2. The summed E-state index contributed by atoms with van der Waals surface area (Å²) in [5.74, 6) is 1.10. The molecule has 0 bridgehead atoms. The maximum absolute atomic E-state index is 12.1. The van der Waals surface area contributed by atoms with E-state index in [1.54, 1.807) is 4.90 Å². The van der Waals surface area contributed by atoms with Crippen molar-refractivity contribution in [2.45, 2.75) is 38.6 Å². The highest BCUT2D eigenvalue weighted by Gasteiger charge is 2.18. The van der Waals surface area contributed by atoms with Crippen LogP contribution in [-0.2, 0) is 17.8 Å². The van der Waals surface area contributed by atoms with Crippen molar-refractivity contribution in [1.29, 1.82) is 0 Å². The van der Waals surface area contributed by atoms with Gasteiger partial charge in [-0.1, -0.05) is 12.1 Å². The first kappa shape index (κ1) is 17.6. The molecule has 1 saturated heterocycles. The summed E-state index contributed by atoms with van der Waals surface area (Å²) in [5, 5.41) is 5.45. The zero-order valence-electron chi connectivity index (χ0n) is 15.4. The summed E-state index contributed by atoms with van der Waals surface area (Å²) in [7, 11) is 0. The van der Waals surface area contributed by atoms with Crippen LogP contribution in [0.15, 0.2) is 30.5 Å². The second kappa shape index (κ2) is 7.82. The molecule has 0 radical (unpaired) electrons. The van der Waals surface area contributed by atoms with Crippen LogP contribution in [0.4, 0.5) is 10.5 Å². The lowest BCUT2D eigenvalue weighted by molar-refractivity contribution is -0.128.